The zero-order valence-corrected chi connectivity index (χ0v) is 55.2. The average Bonchev–Trinajstić information content (AvgIpc) is 1.37. The van der Waals surface area contributed by atoms with Gasteiger partial charge < -0.3 is 18.9 Å². The molecule has 15 aromatic carbocycles. The van der Waals surface area contributed by atoms with Gasteiger partial charge in [0.05, 0.1) is 22.1 Å². The molecule has 0 bridgehead atoms. The molecule has 0 fully saturated rings. The van der Waals surface area contributed by atoms with E-state index in [2.05, 4.69) is 401 Å². The molecule has 0 atom stereocenters. The van der Waals surface area contributed by atoms with Gasteiger partial charge in [-0.05, 0) is 143 Å². The van der Waals surface area contributed by atoms with E-state index >= 15 is 0 Å². The summed E-state index contributed by atoms with van der Waals surface area (Å²) >= 11 is 0. The highest BCUT2D eigenvalue weighted by Gasteiger charge is 2.50. The highest BCUT2D eigenvalue weighted by atomic mass is 28.3. The van der Waals surface area contributed by atoms with Crippen LogP contribution in [0.25, 0.3) is 55.0 Å². The number of anilines is 6. The Balaban J connectivity index is 0.958. The van der Waals surface area contributed by atoms with E-state index in [4.69, 9.17) is 0 Å². The number of fused-ring (bicyclic) bond motifs is 10. The van der Waals surface area contributed by atoms with Gasteiger partial charge in [-0.15, -0.1) is 0 Å². The second kappa shape index (κ2) is 22.9. The molecule has 7 heteroatoms. The van der Waals surface area contributed by atoms with Crippen LogP contribution in [0.4, 0.5) is 34.1 Å². The number of para-hydroxylation sites is 6. The van der Waals surface area contributed by atoms with Crippen LogP contribution in [-0.4, -0.2) is 32.0 Å². The number of rotatable bonds is 12. The molecule has 0 saturated carbocycles. The van der Waals surface area contributed by atoms with Crippen LogP contribution in [-0.2, 0) is 0 Å². The average molecular weight is 1270 g/mol. The molecule has 97 heavy (non-hydrogen) atoms. The molecular formula is C90H63BN4Si2. The van der Waals surface area contributed by atoms with Gasteiger partial charge in [-0.3, -0.25) is 0 Å². The molecule has 0 radical (unpaired) electrons. The van der Waals surface area contributed by atoms with E-state index in [9.17, 15) is 0 Å². The Morgan fingerprint density at radius 2 is 0.464 bits per heavy atom. The van der Waals surface area contributed by atoms with Gasteiger partial charge in [-0.1, -0.05) is 297 Å². The van der Waals surface area contributed by atoms with E-state index in [1.165, 1.54) is 101 Å². The maximum atomic E-state index is 2.68. The third kappa shape index (κ3) is 8.48. The minimum absolute atomic E-state index is 0.247. The fourth-order valence-electron chi connectivity index (χ4n) is 17.2. The smallest absolute Gasteiger partial charge is 0.252 e. The van der Waals surface area contributed by atoms with Gasteiger partial charge in [-0.2, -0.15) is 0 Å². The van der Waals surface area contributed by atoms with Crippen LogP contribution >= 0.6 is 0 Å². The van der Waals surface area contributed by atoms with E-state index in [1.54, 1.807) is 0 Å². The molecule has 0 amide bonds. The first-order valence-corrected chi connectivity index (χ1v) is 37.7. The predicted octanol–water partition coefficient (Wildman–Crippen LogP) is 14.7. The maximum absolute atomic E-state index is 3.20. The molecule has 0 aliphatic carbocycles. The van der Waals surface area contributed by atoms with Crippen molar-refractivity contribution in [2.45, 2.75) is 0 Å². The summed E-state index contributed by atoms with van der Waals surface area (Å²) in [6.07, 6.45) is 0. The first-order valence-electron chi connectivity index (χ1n) is 33.7. The lowest BCUT2D eigenvalue weighted by Crippen LogP contribution is -2.75. The SMILES string of the molecule is c1ccc([Si](c2ccccc2)(c2ccccc2)c2ccccc2N2c3ccc(-n4c5ccccc5c5ccccc54)cc3B3c4cc(-n5c6ccccc6c6ccccc65)ccc4N(c4ccccc4[Si](c4ccccc4)(c4ccccc4)c4ccccc4)c4cccc2c43)cc1. The van der Waals surface area contributed by atoms with Crippen LogP contribution in [0.15, 0.2) is 382 Å². The van der Waals surface area contributed by atoms with E-state index < -0.39 is 16.1 Å². The third-order valence-corrected chi connectivity index (χ3v) is 30.6. The van der Waals surface area contributed by atoms with Crippen molar-refractivity contribution in [3.05, 3.63) is 382 Å². The molecule has 4 nitrogen and oxygen atoms in total. The lowest BCUT2D eigenvalue weighted by atomic mass is 9.33. The summed E-state index contributed by atoms with van der Waals surface area (Å²) in [4.78, 5) is 5.35. The van der Waals surface area contributed by atoms with Gasteiger partial charge in [-0.25, -0.2) is 0 Å². The standard InChI is InChI=1S/C90H63BN4Si2/c1-7-32-66(33-8-1)96(67-34-9-2-10-35-67,68-36-11-3-12-37-68)88-56-29-27-52-84(88)94-82-60-58-64(92-78-48-23-19-44-72(78)73-45-20-24-49-79(73)92)62-76(82)91-77-63-65(93-80-50-25-21-46-74(80)75-47-22-26-51-81(75)93)59-61-83(77)95(87-55-31-54-86(94)90(87)91)85-53-28-30-57-89(85)97(69-38-13-4-14-39-69,70-40-15-5-16-41-70)71-42-17-6-18-43-71/h1-63H. The Labute approximate surface area is 567 Å². The Morgan fingerprint density at radius 3 is 0.773 bits per heavy atom. The fraction of sp³-hybridized carbons (Fsp3) is 0. The quantitative estimate of drug-likeness (QED) is 0.0895. The van der Waals surface area contributed by atoms with Crippen molar-refractivity contribution in [2.24, 2.45) is 0 Å². The van der Waals surface area contributed by atoms with Gasteiger partial charge in [0.25, 0.3) is 6.71 Å². The number of benzene rings is 15. The summed E-state index contributed by atoms with van der Waals surface area (Å²) in [5, 5.41) is 15.5. The highest BCUT2D eigenvalue weighted by Crippen LogP contribution is 2.46. The molecular weight excluding hydrogens is 1200 g/mol. The topological polar surface area (TPSA) is 16.3 Å². The van der Waals surface area contributed by atoms with E-state index in [-0.39, 0.29) is 6.71 Å². The number of hydrogen-bond acceptors (Lipinski definition) is 2. The largest absolute Gasteiger partial charge is 0.312 e. The summed E-state index contributed by atoms with van der Waals surface area (Å²) in [7, 11) is -6.40. The van der Waals surface area contributed by atoms with Crippen LogP contribution in [0.5, 0.6) is 0 Å². The molecule has 17 aromatic rings. The second-order valence-electron chi connectivity index (χ2n) is 25.8. The molecule has 19 rings (SSSR count). The Morgan fingerprint density at radius 1 is 0.206 bits per heavy atom. The maximum Gasteiger partial charge on any atom is 0.252 e. The van der Waals surface area contributed by atoms with Crippen molar-refractivity contribution >= 4 is 158 Å². The fourth-order valence-corrected chi connectivity index (χ4v) is 27.0. The molecule has 2 aromatic heterocycles. The first kappa shape index (κ1) is 56.5. The second-order valence-corrected chi connectivity index (χ2v) is 33.3. The first-order chi connectivity index (χ1) is 48.2. The lowest BCUT2D eigenvalue weighted by Gasteiger charge is -2.46. The normalized spacial score (nSPS) is 12.7. The summed E-state index contributed by atoms with van der Waals surface area (Å²) in [5.41, 5.74) is 17.6. The van der Waals surface area contributed by atoms with Crippen molar-refractivity contribution < 1.29 is 0 Å². The van der Waals surface area contributed by atoms with Crippen LogP contribution in [0.2, 0.25) is 0 Å². The number of nitrogens with zero attached hydrogens (tertiary/aromatic N) is 4. The van der Waals surface area contributed by atoms with E-state index in [0.29, 0.717) is 0 Å². The van der Waals surface area contributed by atoms with Crippen molar-refractivity contribution in [3.8, 4) is 11.4 Å². The van der Waals surface area contributed by atoms with Crippen molar-refractivity contribution in [1.82, 2.24) is 9.13 Å². The molecule has 2 aliphatic rings. The van der Waals surface area contributed by atoms with Gasteiger partial charge in [0.2, 0.25) is 0 Å². The summed E-state index contributed by atoms with van der Waals surface area (Å²) in [5.74, 6) is 0. The summed E-state index contributed by atoms with van der Waals surface area (Å²) < 4.78 is 5.01. The number of aromatic nitrogens is 2. The van der Waals surface area contributed by atoms with Crippen molar-refractivity contribution in [2.75, 3.05) is 9.80 Å². The summed E-state index contributed by atoms with van der Waals surface area (Å²) in [6.45, 7) is -0.247. The zero-order valence-electron chi connectivity index (χ0n) is 53.2. The minimum Gasteiger partial charge on any atom is -0.312 e. The molecule has 4 heterocycles. The molecule has 2 aliphatic heterocycles. The molecule has 0 saturated heterocycles. The minimum atomic E-state index is -3.20. The van der Waals surface area contributed by atoms with Gasteiger partial charge in [0.1, 0.15) is 0 Å². The Bertz CT molecular complexity index is 5200. The lowest BCUT2D eigenvalue weighted by molar-refractivity contribution is 1.17. The Kier molecular flexibility index (Phi) is 13.3. The molecule has 0 unspecified atom stereocenters. The predicted molar refractivity (Wildman–Crippen MR) is 416 cm³/mol. The molecule has 0 N–H and O–H groups in total. The van der Waals surface area contributed by atoms with Crippen LogP contribution in [0.3, 0.4) is 0 Å². The number of hydrogen-bond donors (Lipinski definition) is 0. The van der Waals surface area contributed by atoms with E-state index in [1.807, 2.05) is 0 Å². The van der Waals surface area contributed by atoms with Crippen molar-refractivity contribution in [3.63, 3.8) is 0 Å². The van der Waals surface area contributed by atoms with Gasteiger partial charge in [0.15, 0.2) is 16.1 Å². The highest BCUT2D eigenvalue weighted by molar-refractivity contribution is 7.21. The monoisotopic (exact) mass is 1270 g/mol. The van der Waals surface area contributed by atoms with Crippen molar-refractivity contribution in [1.29, 1.82) is 0 Å². The van der Waals surface area contributed by atoms with Crippen LogP contribution in [0.1, 0.15) is 0 Å². The summed E-state index contributed by atoms with van der Waals surface area (Å²) in [6, 6.07) is 145. The van der Waals surface area contributed by atoms with Crippen LogP contribution in [0, 0.1) is 0 Å². The van der Waals surface area contributed by atoms with Gasteiger partial charge in [0, 0.05) is 67.0 Å². The van der Waals surface area contributed by atoms with Crippen LogP contribution < -0.4 is 67.7 Å². The van der Waals surface area contributed by atoms with E-state index in [0.717, 1.165) is 45.5 Å². The molecule has 0 spiro atoms. The van der Waals surface area contributed by atoms with Gasteiger partial charge >= 0.3 is 0 Å². The third-order valence-electron chi connectivity index (χ3n) is 21.0. The zero-order chi connectivity index (χ0) is 64.0. The Hall–Kier alpha value is -12.0. The molecule has 454 valence electrons.